The monoisotopic (exact) mass is 210 g/mol. The summed E-state index contributed by atoms with van der Waals surface area (Å²) in [5, 5.41) is 6.99. The van der Waals surface area contributed by atoms with Crippen LogP contribution in [0, 0.1) is 5.92 Å². The average Bonchev–Trinajstić information content (AvgIpc) is 2.69. The van der Waals surface area contributed by atoms with Gasteiger partial charge in [0.25, 0.3) is 0 Å². The van der Waals surface area contributed by atoms with Gasteiger partial charge in [0.2, 0.25) is 0 Å². The fraction of sp³-hybridized carbons (Fsp3) is 0.727. The van der Waals surface area contributed by atoms with Gasteiger partial charge in [0, 0.05) is 5.38 Å². The molecule has 78 valence electrons. The lowest BCUT2D eigenvalue weighted by Gasteiger charge is -2.05. The lowest BCUT2D eigenvalue weighted by molar-refractivity contribution is 0.617. The number of hydrogen-bond acceptors (Lipinski definition) is 3. The maximum absolute atomic E-state index is 4.69. The quantitative estimate of drug-likeness (QED) is 0.830. The fourth-order valence-corrected chi connectivity index (χ4v) is 2.83. The van der Waals surface area contributed by atoms with E-state index in [1.54, 1.807) is 0 Å². The fourth-order valence-electron chi connectivity index (χ4n) is 1.89. The Hall–Kier alpha value is -0.410. The van der Waals surface area contributed by atoms with Crippen molar-refractivity contribution >= 4 is 11.3 Å². The average molecular weight is 210 g/mol. The minimum Gasteiger partial charge on any atom is -0.308 e. The molecule has 0 amide bonds. The molecule has 0 radical (unpaired) electrons. The minimum absolute atomic E-state index is 0.543. The van der Waals surface area contributed by atoms with E-state index in [9.17, 15) is 0 Å². The molecule has 1 aromatic heterocycles. The molecule has 1 saturated heterocycles. The molecule has 1 fully saturated rings. The highest BCUT2D eigenvalue weighted by Crippen LogP contribution is 2.26. The Morgan fingerprint density at radius 1 is 1.64 bits per heavy atom. The normalized spacial score (nSPS) is 22.1. The van der Waals surface area contributed by atoms with Gasteiger partial charge in [-0.25, -0.2) is 4.98 Å². The van der Waals surface area contributed by atoms with Gasteiger partial charge in [-0.2, -0.15) is 0 Å². The smallest absolute Gasteiger partial charge is 0.110 e. The molecule has 1 unspecified atom stereocenters. The van der Waals surface area contributed by atoms with Gasteiger partial charge in [0.15, 0.2) is 0 Å². The van der Waals surface area contributed by atoms with Crippen molar-refractivity contribution < 1.29 is 0 Å². The third-order valence-corrected chi connectivity index (χ3v) is 3.55. The second-order valence-corrected chi connectivity index (χ2v) is 5.31. The molecule has 14 heavy (non-hydrogen) atoms. The summed E-state index contributed by atoms with van der Waals surface area (Å²) < 4.78 is 0. The molecular formula is C11H18N2S. The van der Waals surface area contributed by atoms with Crippen LogP contribution in [0.3, 0.4) is 0 Å². The molecule has 0 aromatic carbocycles. The van der Waals surface area contributed by atoms with Crippen LogP contribution in [0.1, 0.15) is 43.4 Å². The molecular weight excluding hydrogens is 192 g/mol. The van der Waals surface area contributed by atoms with Gasteiger partial charge in [0.1, 0.15) is 5.01 Å². The molecule has 2 nitrogen and oxygen atoms in total. The maximum Gasteiger partial charge on any atom is 0.110 e. The Labute approximate surface area is 89.8 Å². The van der Waals surface area contributed by atoms with Gasteiger partial charge in [-0.15, -0.1) is 11.3 Å². The van der Waals surface area contributed by atoms with E-state index in [-0.39, 0.29) is 0 Å². The second kappa shape index (κ2) is 4.41. The van der Waals surface area contributed by atoms with Crippen LogP contribution in [0.25, 0.3) is 0 Å². The lowest BCUT2D eigenvalue weighted by atomic mass is 10.1. The minimum atomic E-state index is 0.543. The summed E-state index contributed by atoms with van der Waals surface area (Å²) in [6.45, 7) is 5.64. The van der Waals surface area contributed by atoms with Gasteiger partial charge >= 0.3 is 0 Å². The number of thiazole rings is 1. The van der Waals surface area contributed by atoms with Crippen LogP contribution in [-0.4, -0.2) is 11.5 Å². The molecule has 1 N–H and O–H groups in total. The Bertz CT molecular complexity index is 287. The Balaban J connectivity index is 2.01. The largest absolute Gasteiger partial charge is 0.308 e. The van der Waals surface area contributed by atoms with Crippen LogP contribution in [-0.2, 0) is 6.42 Å². The Morgan fingerprint density at radius 2 is 2.50 bits per heavy atom. The van der Waals surface area contributed by atoms with Crippen molar-refractivity contribution in [2.75, 3.05) is 6.54 Å². The van der Waals surface area contributed by atoms with Crippen molar-refractivity contribution in [1.29, 1.82) is 0 Å². The molecule has 0 aliphatic carbocycles. The van der Waals surface area contributed by atoms with Gasteiger partial charge in [-0.05, 0) is 31.7 Å². The van der Waals surface area contributed by atoms with Crippen molar-refractivity contribution in [3.63, 3.8) is 0 Å². The first-order valence-corrected chi connectivity index (χ1v) is 6.31. The van der Waals surface area contributed by atoms with Gasteiger partial charge in [0.05, 0.1) is 11.7 Å². The molecule has 0 spiro atoms. The van der Waals surface area contributed by atoms with Gasteiger partial charge in [-0.3, -0.25) is 0 Å². The summed E-state index contributed by atoms with van der Waals surface area (Å²) in [5.74, 6) is 0.710. The zero-order chi connectivity index (χ0) is 9.97. The van der Waals surface area contributed by atoms with Crippen LogP contribution in [0.5, 0.6) is 0 Å². The molecule has 1 aromatic rings. The molecule has 2 heterocycles. The molecule has 1 aliphatic heterocycles. The highest BCUT2D eigenvalue weighted by Gasteiger charge is 2.19. The molecule has 0 saturated carbocycles. The van der Waals surface area contributed by atoms with E-state index >= 15 is 0 Å². The number of hydrogen-bond donors (Lipinski definition) is 1. The maximum atomic E-state index is 4.69. The lowest BCUT2D eigenvalue weighted by Crippen LogP contribution is -2.12. The molecule has 1 atom stereocenters. The zero-order valence-corrected chi connectivity index (χ0v) is 9.73. The van der Waals surface area contributed by atoms with Crippen molar-refractivity contribution in [1.82, 2.24) is 10.3 Å². The predicted octanol–water partition coefficient (Wildman–Crippen LogP) is 2.77. The Kier molecular flexibility index (Phi) is 3.19. The molecule has 1 aliphatic rings. The summed E-state index contributed by atoms with van der Waals surface area (Å²) in [6, 6.07) is 0.543. The van der Waals surface area contributed by atoms with Crippen LogP contribution in [0.2, 0.25) is 0 Å². The van der Waals surface area contributed by atoms with Gasteiger partial charge in [-0.1, -0.05) is 13.8 Å². The van der Waals surface area contributed by atoms with Crippen molar-refractivity contribution in [2.24, 2.45) is 5.92 Å². The molecule has 0 bridgehead atoms. The summed E-state index contributed by atoms with van der Waals surface area (Å²) in [6.07, 6.45) is 3.67. The van der Waals surface area contributed by atoms with E-state index in [1.165, 1.54) is 23.5 Å². The zero-order valence-electron chi connectivity index (χ0n) is 8.92. The van der Waals surface area contributed by atoms with Crippen molar-refractivity contribution in [3.8, 4) is 0 Å². The first-order valence-electron chi connectivity index (χ1n) is 5.43. The van der Waals surface area contributed by atoms with Gasteiger partial charge < -0.3 is 5.32 Å². The van der Waals surface area contributed by atoms with Crippen LogP contribution in [0.4, 0.5) is 0 Å². The molecule has 2 rings (SSSR count). The highest BCUT2D eigenvalue weighted by molar-refractivity contribution is 7.09. The topological polar surface area (TPSA) is 24.9 Å². The van der Waals surface area contributed by atoms with Crippen LogP contribution < -0.4 is 5.32 Å². The van der Waals surface area contributed by atoms with E-state index in [0.29, 0.717) is 12.0 Å². The van der Waals surface area contributed by atoms with Crippen molar-refractivity contribution in [2.45, 2.75) is 39.2 Å². The third-order valence-electron chi connectivity index (χ3n) is 2.55. The van der Waals surface area contributed by atoms with E-state index in [4.69, 9.17) is 0 Å². The standard InChI is InChI=1S/C11H18N2S/c1-8(2)6-9-7-14-11(13-9)10-4-3-5-12-10/h7-8,10,12H,3-6H2,1-2H3. The van der Waals surface area contributed by atoms with Crippen LogP contribution >= 0.6 is 11.3 Å². The first kappa shape index (κ1) is 10.1. The summed E-state index contributed by atoms with van der Waals surface area (Å²) in [5.41, 5.74) is 1.27. The third kappa shape index (κ3) is 2.34. The second-order valence-electron chi connectivity index (χ2n) is 4.42. The van der Waals surface area contributed by atoms with E-state index in [0.717, 1.165) is 13.0 Å². The van der Waals surface area contributed by atoms with Crippen LogP contribution in [0.15, 0.2) is 5.38 Å². The number of aromatic nitrogens is 1. The van der Waals surface area contributed by atoms with E-state index in [2.05, 4.69) is 29.5 Å². The number of nitrogens with zero attached hydrogens (tertiary/aromatic N) is 1. The van der Waals surface area contributed by atoms with E-state index in [1.807, 2.05) is 11.3 Å². The summed E-state index contributed by atoms with van der Waals surface area (Å²) in [7, 11) is 0. The SMILES string of the molecule is CC(C)Cc1csc(C2CCCN2)n1. The molecule has 3 heteroatoms. The van der Waals surface area contributed by atoms with Crippen molar-refractivity contribution in [3.05, 3.63) is 16.1 Å². The summed E-state index contributed by atoms with van der Waals surface area (Å²) >= 11 is 1.82. The Morgan fingerprint density at radius 3 is 3.14 bits per heavy atom. The number of nitrogens with one attached hydrogen (secondary N) is 1. The highest BCUT2D eigenvalue weighted by atomic mass is 32.1. The number of rotatable bonds is 3. The first-order chi connectivity index (χ1) is 6.75. The predicted molar refractivity (Wildman–Crippen MR) is 60.6 cm³/mol. The summed E-state index contributed by atoms with van der Waals surface area (Å²) in [4.78, 5) is 4.69. The van der Waals surface area contributed by atoms with E-state index < -0.39 is 0 Å².